The topological polar surface area (TPSA) is 49.4 Å². The van der Waals surface area contributed by atoms with Crippen LogP contribution in [0.1, 0.15) is 0 Å². The van der Waals surface area contributed by atoms with Crippen LogP contribution in [-0.4, -0.2) is 11.3 Å². The summed E-state index contributed by atoms with van der Waals surface area (Å²) in [6, 6.07) is 0. The molecule has 0 aromatic heterocycles. The molecule has 0 spiro atoms. The summed E-state index contributed by atoms with van der Waals surface area (Å²) >= 11 is 1.44. The van der Waals surface area contributed by atoms with Gasteiger partial charge in [-0.3, -0.25) is 0 Å². The van der Waals surface area contributed by atoms with Crippen LogP contribution in [-0.2, 0) is 0 Å². The molecule has 0 bridgehead atoms. The maximum absolute atomic E-state index is 3.74. The second-order valence-corrected chi connectivity index (χ2v) is 2.45. The normalized spacial score (nSPS) is 20.6. The molecule has 0 amide bonds. The van der Waals surface area contributed by atoms with Gasteiger partial charge in [-0.05, 0) is 22.8 Å². The third kappa shape index (κ3) is 0.999. The number of thioether (sulfide) groups is 1. The third-order valence-electron chi connectivity index (χ3n) is 0.982. The fourth-order valence-electron chi connectivity index (χ4n) is 0.435. The van der Waals surface area contributed by atoms with Crippen LogP contribution in [0.3, 0.4) is 0 Å². The molecule has 0 fully saturated rings. The van der Waals surface area contributed by atoms with Crippen LogP contribution < -0.4 is 0 Å². The van der Waals surface area contributed by atoms with E-state index in [-0.39, 0.29) is 0 Å². The molecule has 0 aliphatic carbocycles. The quantitative estimate of drug-likeness (QED) is 0.544. The Morgan fingerprint density at radius 1 is 1.44 bits per heavy atom. The van der Waals surface area contributed by atoms with Gasteiger partial charge in [0.2, 0.25) is 0 Å². The summed E-state index contributed by atoms with van der Waals surface area (Å²) in [7, 11) is 0. The van der Waals surface area contributed by atoms with Gasteiger partial charge >= 0.3 is 0 Å². The van der Waals surface area contributed by atoms with Crippen molar-refractivity contribution < 1.29 is 0 Å². The number of rotatable bonds is 2. The summed E-state index contributed by atoms with van der Waals surface area (Å²) in [4.78, 5) is -0.625. The smallest absolute Gasteiger partial charge is 0.119 e. The predicted octanol–water partition coefficient (Wildman–Crippen LogP) is 2.02. The second-order valence-electron chi connectivity index (χ2n) is 1.45. The van der Waals surface area contributed by atoms with Crippen molar-refractivity contribution in [3.05, 3.63) is 12.7 Å². The van der Waals surface area contributed by atoms with Crippen molar-refractivity contribution in [2.45, 2.75) is 4.99 Å². The molecular weight excluding hydrogens is 136 g/mol. The molecular formula is C4H6N4S. The summed E-state index contributed by atoms with van der Waals surface area (Å²) < 4.78 is 0. The van der Waals surface area contributed by atoms with E-state index in [1.54, 1.807) is 6.08 Å². The first kappa shape index (κ1) is 6.41. The molecule has 48 valence electrons. The lowest BCUT2D eigenvalue weighted by molar-refractivity contribution is 0.794. The zero-order valence-electron chi connectivity index (χ0n) is 4.98. The van der Waals surface area contributed by atoms with E-state index in [0.717, 1.165) is 0 Å². The SMILES string of the molecule is C=CC1(SC)N=NN=N1. The lowest BCUT2D eigenvalue weighted by Crippen LogP contribution is -2.09. The number of hydrogen-bond donors (Lipinski definition) is 0. The fourth-order valence-corrected chi connectivity index (χ4v) is 0.838. The van der Waals surface area contributed by atoms with Crippen LogP contribution in [0.2, 0.25) is 0 Å². The van der Waals surface area contributed by atoms with Crippen LogP contribution >= 0.6 is 11.8 Å². The average molecular weight is 142 g/mol. The molecule has 1 rings (SSSR count). The minimum Gasteiger partial charge on any atom is -0.119 e. The first-order valence-electron chi connectivity index (χ1n) is 2.36. The molecule has 4 nitrogen and oxygen atoms in total. The van der Waals surface area contributed by atoms with E-state index in [0.29, 0.717) is 0 Å². The van der Waals surface area contributed by atoms with Gasteiger partial charge in [0.05, 0.1) is 0 Å². The van der Waals surface area contributed by atoms with Gasteiger partial charge in [0.1, 0.15) is 0 Å². The second kappa shape index (κ2) is 2.26. The summed E-state index contributed by atoms with van der Waals surface area (Å²) in [5.74, 6) is 0. The van der Waals surface area contributed by atoms with E-state index in [4.69, 9.17) is 0 Å². The molecule has 0 atom stereocenters. The Morgan fingerprint density at radius 3 is 2.22 bits per heavy atom. The molecule has 0 aromatic carbocycles. The standard InChI is InChI=1S/C4H6N4S/c1-3-4(9-2)5-7-8-6-4/h3H,1H2,2H3. The first-order chi connectivity index (χ1) is 4.33. The van der Waals surface area contributed by atoms with E-state index in [9.17, 15) is 0 Å². The first-order valence-corrected chi connectivity index (χ1v) is 3.58. The molecule has 1 aliphatic heterocycles. The Hall–Kier alpha value is -0.710. The number of hydrogen-bond acceptors (Lipinski definition) is 5. The predicted molar refractivity (Wildman–Crippen MR) is 36.2 cm³/mol. The minimum absolute atomic E-state index is 0.625. The van der Waals surface area contributed by atoms with E-state index in [2.05, 4.69) is 27.3 Å². The Balaban J connectivity index is 2.81. The number of nitrogens with zero attached hydrogens (tertiary/aromatic N) is 4. The van der Waals surface area contributed by atoms with E-state index < -0.39 is 4.99 Å². The molecule has 1 heterocycles. The van der Waals surface area contributed by atoms with Crippen molar-refractivity contribution in [2.75, 3.05) is 6.26 Å². The largest absolute Gasteiger partial charge is 0.258 e. The highest BCUT2D eigenvalue weighted by molar-refractivity contribution is 8.00. The Morgan fingerprint density at radius 2 is 2.00 bits per heavy atom. The molecule has 0 aromatic rings. The van der Waals surface area contributed by atoms with Crippen molar-refractivity contribution in [3.8, 4) is 0 Å². The highest BCUT2D eigenvalue weighted by Gasteiger charge is 2.27. The van der Waals surface area contributed by atoms with Gasteiger partial charge < -0.3 is 0 Å². The average Bonchev–Trinajstić information content (AvgIpc) is 2.36. The zero-order chi connectivity index (χ0) is 6.74. The molecule has 9 heavy (non-hydrogen) atoms. The van der Waals surface area contributed by atoms with Crippen LogP contribution in [0.25, 0.3) is 0 Å². The molecule has 0 saturated carbocycles. The van der Waals surface area contributed by atoms with Crippen molar-refractivity contribution in [1.29, 1.82) is 0 Å². The molecule has 1 aliphatic rings. The monoisotopic (exact) mass is 142 g/mol. The van der Waals surface area contributed by atoms with E-state index in [1.165, 1.54) is 11.8 Å². The molecule has 0 saturated heterocycles. The van der Waals surface area contributed by atoms with Crippen molar-refractivity contribution in [1.82, 2.24) is 0 Å². The van der Waals surface area contributed by atoms with Crippen molar-refractivity contribution in [2.24, 2.45) is 20.7 Å². The summed E-state index contributed by atoms with van der Waals surface area (Å²) in [5.41, 5.74) is 0. The van der Waals surface area contributed by atoms with Crippen LogP contribution in [0.15, 0.2) is 33.3 Å². The van der Waals surface area contributed by atoms with Gasteiger partial charge in [-0.15, -0.1) is 22.0 Å². The van der Waals surface area contributed by atoms with Gasteiger partial charge in [0.25, 0.3) is 4.99 Å². The summed E-state index contributed by atoms with van der Waals surface area (Å²) in [6.45, 7) is 3.56. The van der Waals surface area contributed by atoms with Crippen LogP contribution in [0.5, 0.6) is 0 Å². The third-order valence-corrected chi connectivity index (χ3v) is 1.91. The Bertz CT molecular complexity index is 161. The van der Waals surface area contributed by atoms with Crippen molar-refractivity contribution in [3.63, 3.8) is 0 Å². The fraction of sp³-hybridized carbons (Fsp3) is 0.500. The molecule has 0 N–H and O–H groups in total. The van der Waals surface area contributed by atoms with Crippen molar-refractivity contribution >= 4 is 11.8 Å². The highest BCUT2D eigenvalue weighted by Crippen LogP contribution is 2.31. The molecule has 0 unspecified atom stereocenters. The molecule has 0 radical (unpaired) electrons. The van der Waals surface area contributed by atoms with E-state index >= 15 is 0 Å². The summed E-state index contributed by atoms with van der Waals surface area (Å²) in [6.07, 6.45) is 3.49. The molecule has 5 heteroatoms. The lowest BCUT2D eigenvalue weighted by Gasteiger charge is -2.08. The van der Waals surface area contributed by atoms with Gasteiger partial charge in [-0.1, -0.05) is 6.58 Å². The van der Waals surface area contributed by atoms with Gasteiger partial charge in [-0.2, -0.15) is 0 Å². The van der Waals surface area contributed by atoms with Gasteiger partial charge in [-0.25, -0.2) is 0 Å². The maximum Gasteiger partial charge on any atom is 0.258 e. The van der Waals surface area contributed by atoms with Gasteiger partial charge in [0, 0.05) is 0 Å². The zero-order valence-corrected chi connectivity index (χ0v) is 5.80. The minimum atomic E-state index is -0.625. The Labute approximate surface area is 57.1 Å². The highest BCUT2D eigenvalue weighted by atomic mass is 32.2. The lowest BCUT2D eigenvalue weighted by atomic mass is 10.5. The van der Waals surface area contributed by atoms with Gasteiger partial charge in [0.15, 0.2) is 0 Å². The summed E-state index contributed by atoms with van der Waals surface area (Å²) in [5, 5.41) is 14.2. The van der Waals surface area contributed by atoms with E-state index in [1.807, 2.05) is 6.26 Å². The van der Waals surface area contributed by atoms with Crippen LogP contribution in [0, 0.1) is 0 Å². The Kier molecular flexibility index (Phi) is 1.61. The maximum atomic E-state index is 3.74. The van der Waals surface area contributed by atoms with Crippen LogP contribution in [0.4, 0.5) is 0 Å².